The van der Waals surface area contributed by atoms with Crippen LogP contribution >= 0.6 is 11.6 Å². The van der Waals surface area contributed by atoms with Crippen LogP contribution in [0.4, 0.5) is 0 Å². The van der Waals surface area contributed by atoms with E-state index in [1.807, 2.05) is 0 Å². The highest BCUT2D eigenvalue weighted by Gasteiger charge is 2.30. The second-order valence-electron chi connectivity index (χ2n) is 4.11. The van der Waals surface area contributed by atoms with E-state index >= 15 is 0 Å². The van der Waals surface area contributed by atoms with Crippen LogP contribution in [-0.4, -0.2) is 29.4 Å². The summed E-state index contributed by atoms with van der Waals surface area (Å²) in [5.41, 5.74) is 0. The molecule has 1 aliphatic carbocycles. The highest BCUT2D eigenvalue weighted by atomic mass is 35.5. The summed E-state index contributed by atoms with van der Waals surface area (Å²) in [4.78, 5) is 2.62. The normalized spacial score (nSPS) is 38.8. The van der Waals surface area contributed by atoms with Gasteiger partial charge in [0.1, 0.15) is 0 Å². The molecule has 1 nitrogen and oxygen atoms in total. The van der Waals surface area contributed by atoms with Gasteiger partial charge in [-0.3, -0.25) is 4.90 Å². The maximum absolute atomic E-state index is 6.27. The number of alkyl halides is 1. The molecule has 70 valence electrons. The molecule has 2 heteroatoms. The lowest BCUT2D eigenvalue weighted by Gasteiger charge is -2.33. The molecule has 0 amide bonds. The first-order chi connectivity index (χ1) is 5.88. The van der Waals surface area contributed by atoms with E-state index in [9.17, 15) is 0 Å². The zero-order chi connectivity index (χ0) is 8.39. The summed E-state index contributed by atoms with van der Waals surface area (Å²) in [6.07, 6.45) is 8.13. The Morgan fingerprint density at radius 1 is 0.917 bits per heavy atom. The molecule has 1 saturated heterocycles. The van der Waals surface area contributed by atoms with Crippen molar-refractivity contribution in [2.45, 2.75) is 49.9 Å². The van der Waals surface area contributed by atoms with Gasteiger partial charge >= 0.3 is 0 Å². The molecule has 2 aliphatic rings. The van der Waals surface area contributed by atoms with E-state index in [1.54, 1.807) is 0 Å². The van der Waals surface area contributed by atoms with E-state index < -0.39 is 0 Å². The van der Waals surface area contributed by atoms with Crippen molar-refractivity contribution in [1.29, 1.82) is 0 Å². The fourth-order valence-corrected chi connectivity index (χ4v) is 3.00. The van der Waals surface area contributed by atoms with Crippen molar-refractivity contribution >= 4 is 11.6 Å². The Morgan fingerprint density at radius 2 is 1.67 bits per heavy atom. The van der Waals surface area contributed by atoms with Crippen LogP contribution in [0.25, 0.3) is 0 Å². The third-order valence-electron chi connectivity index (χ3n) is 3.26. The van der Waals surface area contributed by atoms with Crippen LogP contribution in [0, 0.1) is 0 Å². The quantitative estimate of drug-likeness (QED) is 0.571. The van der Waals surface area contributed by atoms with Gasteiger partial charge in [0.25, 0.3) is 0 Å². The first-order valence-corrected chi connectivity index (χ1v) is 5.70. The Morgan fingerprint density at radius 3 is 2.25 bits per heavy atom. The summed E-state index contributed by atoms with van der Waals surface area (Å²) in [5.74, 6) is 0. The third kappa shape index (κ3) is 1.77. The molecule has 0 aromatic heterocycles. The number of hydrogen-bond donors (Lipinski definition) is 0. The van der Waals surface area contributed by atoms with E-state index in [0.29, 0.717) is 11.4 Å². The van der Waals surface area contributed by atoms with Gasteiger partial charge in [-0.15, -0.1) is 11.6 Å². The van der Waals surface area contributed by atoms with Gasteiger partial charge in [-0.1, -0.05) is 12.8 Å². The second kappa shape index (κ2) is 3.97. The Labute approximate surface area is 80.1 Å². The van der Waals surface area contributed by atoms with Crippen LogP contribution in [0.15, 0.2) is 0 Å². The predicted molar refractivity (Wildman–Crippen MR) is 52.7 cm³/mol. The number of halogens is 1. The Bertz CT molecular complexity index is 143. The average Bonchev–Trinajstić information content (AvgIpc) is 2.53. The summed E-state index contributed by atoms with van der Waals surface area (Å²) in [5, 5.41) is 0.447. The Kier molecular flexibility index (Phi) is 2.92. The van der Waals surface area contributed by atoms with Gasteiger partial charge in [-0.05, 0) is 38.8 Å². The lowest BCUT2D eigenvalue weighted by molar-refractivity contribution is 0.167. The summed E-state index contributed by atoms with van der Waals surface area (Å²) in [6, 6.07) is 0.715. The molecule has 0 N–H and O–H groups in total. The molecule has 0 unspecified atom stereocenters. The van der Waals surface area contributed by atoms with E-state index in [-0.39, 0.29) is 0 Å². The molecule has 1 heterocycles. The van der Waals surface area contributed by atoms with Crippen molar-refractivity contribution < 1.29 is 0 Å². The fraction of sp³-hybridized carbons (Fsp3) is 1.00. The van der Waals surface area contributed by atoms with Crippen LogP contribution in [0.3, 0.4) is 0 Å². The SMILES string of the molecule is Cl[C@H]1CCC[C@@H]1N1CCCCC1. The molecule has 2 fully saturated rings. The molecule has 0 bridgehead atoms. The zero-order valence-corrected chi connectivity index (χ0v) is 8.39. The van der Waals surface area contributed by atoms with E-state index in [4.69, 9.17) is 11.6 Å². The molecule has 0 radical (unpaired) electrons. The van der Waals surface area contributed by atoms with Crippen LogP contribution < -0.4 is 0 Å². The molecule has 1 aliphatic heterocycles. The first-order valence-electron chi connectivity index (χ1n) is 5.26. The van der Waals surface area contributed by atoms with Gasteiger partial charge in [0.05, 0.1) is 0 Å². The predicted octanol–water partition coefficient (Wildman–Crippen LogP) is 2.63. The van der Waals surface area contributed by atoms with Crippen LogP contribution in [0.1, 0.15) is 38.5 Å². The summed E-state index contributed by atoms with van der Waals surface area (Å²) >= 11 is 6.27. The zero-order valence-electron chi connectivity index (χ0n) is 7.64. The monoisotopic (exact) mass is 187 g/mol. The first kappa shape index (κ1) is 8.83. The van der Waals surface area contributed by atoms with Crippen molar-refractivity contribution in [1.82, 2.24) is 4.90 Å². The molecule has 0 aromatic rings. The summed E-state index contributed by atoms with van der Waals surface area (Å²) in [7, 11) is 0. The lowest BCUT2D eigenvalue weighted by atomic mass is 10.1. The highest BCUT2D eigenvalue weighted by Crippen LogP contribution is 2.30. The molecular weight excluding hydrogens is 170 g/mol. The van der Waals surface area contributed by atoms with Gasteiger partial charge in [0, 0.05) is 11.4 Å². The number of rotatable bonds is 1. The number of nitrogens with zero attached hydrogens (tertiary/aromatic N) is 1. The van der Waals surface area contributed by atoms with E-state index in [1.165, 1.54) is 51.6 Å². The Hall–Kier alpha value is 0.250. The van der Waals surface area contributed by atoms with Crippen LogP contribution in [-0.2, 0) is 0 Å². The smallest absolute Gasteiger partial charge is 0.0491 e. The molecule has 12 heavy (non-hydrogen) atoms. The number of likely N-dealkylation sites (tertiary alicyclic amines) is 1. The van der Waals surface area contributed by atoms with Gasteiger partial charge in [-0.25, -0.2) is 0 Å². The van der Waals surface area contributed by atoms with Crippen LogP contribution in [0.2, 0.25) is 0 Å². The lowest BCUT2D eigenvalue weighted by Crippen LogP contribution is -2.41. The highest BCUT2D eigenvalue weighted by molar-refractivity contribution is 6.21. The minimum atomic E-state index is 0.447. The molecule has 0 spiro atoms. The maximum Gasteiger partial charge on any atom is 0.0491 e. The van der Waals surface area contributed by atoms with Gasteiger partial charge in [0.2, 0.25) is 0 Å². The largest absolute Gasteiger partial charge is 0.299 e. The van der Waals surface area contributed by atoms with Gasteiger partial charge in [-0.2, -0.15) is 0 Å². The minimum Gasteiger partial charge on any atom is -0.299 e. The second-order valence-corrected chi connectivity index (χ2v) is 4.67. The maximum atomic E-state index is 6.27. The number of hydrogen-bond acceptors (Lipinski definition) is 1. The minimum absolute atomic E-state index is 0.447. The van der Waals surface area contributed by atoms with E-state index in [0.717, 1.165) is 0 Å². The Balaban J connectivity index is 1.89. The summed E-state index contributed by atoms with van der Waals surface area (Å²) in [6.45, 7) is 2.60. The van der Waals surface area contributed by atoms with Crippen LogP contribution in [0.5, 0.6) is 0 Å². The van der Waals surface area contributed by atoms with Crippen molar-refractivity contribution in [2.24, 2.45) is 0 Å². The van der Waals surface area contributed by atoms with Crippen molar-refractivity contribution in [3.05, 3.63) is 0 Å². The topological polar surface area (TPSA) is 3.24 Å². The third-order valence-corrected chi connectivity index (χ3v) is 3.77. The van der Waals surface area contributed by atoms with Crippen molar-refractivity contribution in [2.75, 3.05) is 13.1 Å². The van der Waals surface area contributed by atoms with Crippen molar-refractivity contribution in [3.8, 4) is 0 Å². The molecule has 2 rings (SSSR count). The standard InChI is InChI=1S/C10H18ClN/c11-9-5-4-6-10(9)12-7-2-1-3-8-12/h9-10H,1-8H2/t9-,10-/m0/s1. The van der Waals surface area contributed by atoms with E-state index in [2.05, 4.69) is 4.90 Å². The van der Waals surface area contributed by atoms with Crippen molar-refractivity contribution in [3.63, 3.8) is 0 Å². The molecule has 1 saturated carbocycles. The summed E-state index contributed by atoms with van der Waals surface area (Å²) < 4.78 is 0. The average molecular weight is 188 g/mol. The van der Waals surface area contributed by atoms with Gasteiger partial charge in [0.15, 0.2) is 0 Å². The molecular formula is C10H18ClN. The molecule has 2 atom stereocenters. The fourth-order valence-electron chi connectivity index (χ4n) is 2.56. The number of piperidine rings is 1. The van der Waals surface area contributed by atoms with Gasteiger partial charge < -0.3 is 0 Å². The molecule has 0 aromatic carbocycles.